The van der Waals surface area contributed by atoms with Crippen LogP contribution in [-0.2, 0) is 32.1 Å². The number of rotatable bonds is 4. The number of aromatic hydroxyl groups is 1. The predicted octanol–water partition coefficient (Wildman–Crippen LogP) is -0.400. The Morgan fingerprint density at radius 3 is 2.43 bits per heavy atom. The van der Waals surface area contributed by atoms with Crippen molar-refractivity contribution in [1.82, 2.24) is 10.2 Å². The second-order valence-electron chi connectivity index (χ2n) is 9.47. The fourth-order valence-electron chi connectivity index (χ4n) is 5.69. The second-order valence-corrected chi connectivity index (χ2v) is 9.47. The van der Waals surface area contributed by atoms with E-state index in [1.807, 2.05) is 0 Å². The van der Waals surface area contributed by atoms with E-state index in [-0.39, 0.29) is 42.2 Å². The first kappa shape index (κ1) is 24.4. The summed E-state index contributed by atoms with van der Waals surface area (Å²) in [6, 6.07) is 1.78. The molecule has 2 amide bonds. The Labute approximate surface area is 200 Å². The van der Waals surface area contributed by atoms with Gasteiger partial charge in [-0.15, -0.1) is 0 Å². The van der Waals surface area contributed by atoms with Gasteiger partial charge in [-0.1, -0.05) is 6.07 Å². The molecule has 11 nitrogen and oxygen atoms in total. The number of aliphatic hydroxyl groups is 3. The van der Waals surface area contributed by atoms with Gasteiger partial charge in [-0.05, 0) is 50.0 Å². The first-order chi connectivity index (χ1) is 16.3. The van der Waals surface area contributed by atoms with Gasteiger partial charge < -0.3 is 31.5 Å². The molecule has 3 aliphatic rings. The van der Waals surface area contributed by atoms with Crippen LogP contribution in [0.15, 0.2) is 29.0 Å². The van der Waals surface area contributed by atoms with Crippen LogP contribution in [0, 0.1) is 11.8 Å². The van der Waals surface area contributed by atoms with Crippen LogP contribution in [0.3, 0.4) is 0 Å². The Kier molecular flexibility index (Phi) is 5.73. The third kappa shape index (κ3) is 3.41. The van der Waals surface area contributed by atoms with Crippen LogP contribution in [0.5, 0.6) is 5.75 Å². The van der Waals surface area contributed by atoms with E-state index in [2.05, 4.69) is 5.32 Å². The molecule has 0 saturated heterocycles. The Bertz CT molecular complexity index is 1250. The molecule has 0 unspecified atom stereocenters. The highest BCUT2D eigenvalue weighted by Crippen LogP contribution is 2.52. The fourth-order valence-corrected chi connectivity index (χ4v) is 5.69. The van der Waals surface area contributed by atoms with Crippen molar-refractivity contribution in [3.05, 3.63) is 45.7 Å². The quantitative estimate of drug-likeness (QED) is 0.308. The van der Waals surface area contributed by atoms with E-state index in [9.17, 15) is 39.6 Å². The SMILES string of the molecule is CC(=O)NCc1ccc(O)c2c1C[C@@H]1C[C@@H]3[C@@H](N(C)C)C(=O)C(C(N)=O)=C(O)[C@]3(O)C(=O)C1=C2O. The van der Waals surface area contributed by atoms with Crippen molar-refractivity contribution in [3.8, 4) is 5.75 Å². The number of aliphatic hydroxyl groups excluding tert-OH is 2. The molecule has 35 heavy (non-hydrogen) atoms. The molecule has 0 radical (unpaired) electrons. The van der Waals surface area contributed by atoms with Gasteiger partial charge in [0.05, 0.1) is 11.6 Å². The molecule has 0 aliphatic heterocycles. The number of phenols is 1. The molecule has 186 valence electrons. The van der Waals surface area contributed by atoms with Crippen molar-refractivity contribution in [3.63, 3.8) is 0 Å². The minimum atomic E-state index is -2.67. The number of likely N-dealkylation sites (N-methyl/N-ethyl adjacent to an activating group) is 1. The Morgan fingerprint density at radius 2 is 1.86 bits per heavy atom. The van der Waals surface area contributed by atoms with Crippen LogP contribution in [-0.4, -0.2) is 74.4 Å². The molecule has 1 saturated carbocycles. The number of hydrogen-bond donors (Lipinski definition) is 6. The van der Waals surface area contributed by atoms with E-state index >= 15 is 0 Å². The van der Waals surface area contributed by atoms with Crippen LogP contribution in [0.4, 0.5) is 0 Å². The lowest BCUT2D eigenvalue weighted by molar-refractivity contribution is -0.153. The Hall–Kier alpha value is -3.70. The lowest BCUT2D eigenvalue weighted by atomic mass is 9.57. The fraction of sp³-hybridized carbons (Fsp3) is 0.417. The van der Waals surface area contributed by atoms with Crippen molar-refractivity contribution in [2.75, 3.05) is 14.1 Å². The summed E-state index contributed by atoms with van der Waals surface area (Å²) in [5.74, 6) is -7.24. The van der Waals surface area contributed by atoms with Crippen molar-refractivity contribution in [2.45, 2.75) is 38.0 Å². The van der Waals surface area contributed by atoms with Gasteiger partial charge in [0.25, 0.3) is 5.91 Å². The lowest BCUT2D eigenvalue weighted by Crippen LogP contribution is -2.65. The zero-order valence-corrected chi connectivity index (χ0v) is 19.5. The number of phenolic OH excluding ortho intramolecular Hbond substituents is 1. The second kappa shape index (κ2) is 8.21. The van der Waals surface area contributed by atoms with Gasteiger partial charge in [0.1, 0.15) is 22.8 Å². The maximum atomic E-state index is 13.7. The van der Waals surface area contributed by atoms with Crippen molar-refractivity contribution < 1.29 is 39.6 Å². The van der Waals surface area contributed by atoms with E-state index < -0.39 is 58.0 Å². The zero-order valence-electron chi connectivity index (χ0n) is 19.5. The number of amides is 2. The summed E-state index contributed by atoms with van der Waals surface area (Å²) in [5.41, 5.74) is 2.68. The van der Waals surface area contributed by atoms with E-state index in [1.165, 1.54) is 32.0 Å². The van der Waals surface area contributed by atoms with E-state index in [4.69, 9.17) is 5.73 Å². The van der Waals surface area contributed by atoms with Gasteiger partial charge in [-0.2, -0.15) is 0 Å². The summed E-state index contributed by atoms with van der Waals surface area (Å²) in [4.78, 5) is 51.7. The highest BCUT2D eigenvalue weighted by molar-refractivity contribution is 6.24. The smallest absolute Gasteiger partial charge is 0.255 e. The summed E-state index contributed by atoms with van der Waals surface area (Å²) in [6.45, 7) is 1.48. The normalized spacial score (nSPS) is 28.0. The van der Waals surface area contributed by atoms with E-state index in [0.29, 0.717) is 11.1 Å². The molecule has 0 spiro atoms. The molecule has 1 aromatic rings. The maximum Gasteiger partial charge on any atom is 0.255 e. The number of carbonyl (C=O) groups is 4. The molecule has 0 heterocycles. The Balaban J connectivity index is 1.93. The number of Topliss-reactive ketones (excluding diaryl/α,β-unsaturated/α-hetero) is 2. The Morgan fingerprint density at radius 1 is 1.20 bits per heavy atom. The highest BCUT2D eigenvalue weighted by Gasteiger charge is 2.64. The number of nitrogens with two attached hydrogens (primary N) is 1. The first-order valence-electron chi connectivity index (χ1n) is 11.0. The lowest BCUT2D eigenvalue weighted by Gasteiger charge is -2.50. The largest absolute Gasteiger partial charge is 0.508 e. The number of ketones is 2. The average Bonchev–Trinajstić information content (AvgIpc) is 2.75. The van der Waals surface area contributed by atoms with Crippen LogP contribution < -0.4 is 11.1 Å². The highest BCUT2D eigenvalue weighted by atomic mass is 16.3. The number of hydrogen-bond acceptors (Lipinski definition) is 9. The number of carbonyl (C=O) groups excluding carboxylic acids is 4. The molecule has 4 rings (SSSR count). The summed E-state index contributed by atoms with van der Waals surface area (Å²) < 4.78 is 0. The standard InChI is InChI=1S/C24H27N3O8/c1-9(28)26-8-10-4-5-14(29)16-12(10)6-11-7-13-18(27(2)3)20(31)17(23(25)34)22(33)24(13,35)21(32)15(11)19(16)30/h4-5,11,13,18,29-30,33,35H,6-8H2,1-3H3,(H2,25,34)(H,26,28)/t11-,13-,18-,24-/m1/s1. The van der Waals surface area contributed by atoms with Crippen molar-refractivity contribution in [1.29, 1.82) is 0 Å². The minimum Gasteiger partial charge on any atom is -0.508 e. The first-order valence-corrected chi connectivity index (χ1v) is 11.0. The van der Waals surface area contributed by atoms with Gasteiger partial charge in [0, 0.05) is 25.0 Å². The minimum absolute atomic E-state index is 0.000987. The summed E-state index contributed by atoms with van der Waals surface area (Å²) >= 11 is 0. The van der Waals surface area contributed by atoms with Gasteiger partial charge in [0.2, 0.25) is 11.7 Å². The van der Waals surface area contributed by atoms with E-state index in [1.54, 1.807) is 6.07 Å². The molecule has 7 N–H and O–H groups in total. The topological polar surface area (TPSA) is 190 Å². The average molecular weight is 485 g/mol. The van der Waals surface area contributed by atoms with Crippen LogP contribution >= 0.6 is 0 Å². The molecular weight excluding hydrogens is 458 g/mol. The number of nitrogens with zero attached hydrogens (tertiary/aromatic N) is 1. The molecule has 0 aromatic heterocycles. The van der Waals surface area contributed by atoms with Gasteiger partial charge >= 0.3 is 0 Å². The number of fused-ring (bicyclic) bond motifs is 3. The van der Waals surface area contributed by atoms with Crippen LogP contribution in [0.2, 0.25) is 0 Å². The zero-order chi connectivity index (χ0) is 26.0. The van der Waals surface area contributed by atoms with Crippen LogP contribution in [0.1, 0.15) is 30.0 Å². The number of nitrogens with one attached hydrogen (secondary N) is 1. The van der Waals surface area contributed by atoms with Crippen molar-refractivity contribution in [2.24, 2.45) is 17.6 Å². The number of benzene rings is 1. The van der Waals surface area contributed by atoms with Gasteiger partial charge in [0.15, 0.2) is 11.4 Å². The monoisotopic (exact) mass is 485 g/mol. The summed E-state index contributed by atoms with van der Waals surface area (Å²) in [5, 5.41) is 46.7. The molecule has 1 fully saturated rings. The van der Waals surface area contributed by atoms with Crippen molar-refractivity contribution >= 4 is 29.1 Å². The molecule has 4 atom stereocenters. The molecule has 1 aromatic carbocycles. The third-order valence-electron chi connectivity index (χ3n) is 7.23. The summed E-state index contributed by atoms with van der Waals surface area (Å²) in [7, 11) is 3.08. The maximum absolute atomic E-state index is 13.7. The van der Waals surface area contributed by atoms with Gasteiger partial charge in [-0.25, -0.2) is 0 Å². The van der Waals surface area contributed by atoms with Crippen LogP contribution in [0.25, 0.3) is 5.76 Å². The molecule has 0 bridgehead atoms. The molecular formula is C24H27N3O8. The van der Waals surface area contributed by atoms with E-state index in [0.717, 1.165) is 0 Å². The predicted molar refractivity (Wildman–Crippen MR) is 122 cm³/mol. The third-order valence-corrected chi connectivity index (χ3v) is 7.23. The van der Waals surface area contributed by atoms with Gasteiger partial charge in [-0.3, -0.25) is 24.1 Å². The molecule has 3 aliphatic carbocycles. The molecule has 11 heteroatoms. The summed E-state index contributed by atoms with van der Waals surface area (Å²) in [6.07, 6.45) is 0.166. The number of primary amides is 1.